The molecule has 1 saturated carbocycles. The normalized spacial score (nSPS) is 20.8. The van der Waals surface area contributed by atoms with E-state index >= 15 is 0 Å². The number of hydrogen-bond donors (Lipinski definition) is 2. The standard InChI is InChI=1S/C18H25NO4/c1-3-23-16-10-12(2)4-5-15(16)11-19-17(20)13-6-8-14(9-7-13)18(21)22/h4-5,10,13-14H,3,6-9,11H2,1-2H3,(H,19,20)(H,21,22). The molecule has 1 aliphatic rings. The number of carboxylic acid groups (broad SMARTS) is 1. The molecule has 2 rings (SSSR count). The van der Waals surface area contributed by atoms with Crippen LogP contribution in [0.25, 0.3) is 0 Å². The third kappa shape index (κ3) is 4.71. The molecule has 0 bridgehead atoms. The van der Waals surface area contributed by atoms with Gasteiger partial charge >= 0.3 is 5.97 Å². The molecule has 2 N–H and O–H groups in total. The van der Waals surface area contributed by atoms with Crippen molar-refractivity contribution in [2.45, 2.75) is 46.1 Å². The molecule has 0 saturated heterocycles. The fourth-order valence-corrected chi connectivity index (χ4v) is 3.03. The zero-order valence-electron chi connectivity index (χ0n) is 13.8. The summed E-state index contributed by atoms with van der Waals surface area (Å²) in [7, 11) is 0. The molecule has 0 atom stereocenters. The largest absolute Gasteiger partial charge is 0.494 e. The zero-order chi connectivity index (χ0) is 16.8. The van der Waals surface area contributed by atoms with Gasteiger partial charge in [0.1, 0.15) is 5.75 Å². The van der Waals surface area contributed by atoms with Gasteiger partial charge in [-0.3, -0.25) is 9.59 Å². The van der Waals surface area contributed by atoms with Gasteiger partial charge in [0.2, 0.25) is 5.91 Å². The Labute approximate surface area is 137 Å². The number of rotatable bonds is 6. The van der Waals surface area contributed by atoms with E-state index in [1.165, 1.54) is 0 Å². The lowest BCUT2D eigenvalue weighted by Gasteiger charge is -2.25. The summed E-state index contributed by atoms with van der Waals surface area (Å²) in [5.41, 5.74) is 2.08. The molecule has 1 fully saturated rings. The van der Waals surface area contributed by atoms with Gasteiger partial charge in [-0.1, -0.05) is 12.1 Å². The summed E-state index contributed by atoms with van der Waals surface area (Å²) in [4.78, 5) is 23.2. The van der Waals surface area contributed by atoms with Gasteiger partial charge in [-0.25, -0.2) is 0 Å². The summed E-state index contributed by atoms with van der Waals surface area (Å²) in [5.74, 6) is -0.295. The Balaban J connectivity index is 1.89. The minimum atomic E-state index is -0.745. The van der Waals surface area contributed by atoms with E-state index in [1.54, 1.807) is 0 Å². The molecule has 0 spiro atoms. The smallest absolute Gasteiger partial charge is 0.306 e. The van der Waals surface area contributed by atoms with Crippen molar-refractivity contribution >= 4 is 11.9 Å². The molecule has 0 radical (unpaired) electrons. The Hall–Kier alpha value is -2.04. The molecule has 1 amide bonds. The van der Waals surface area contributed by atoms with Gasteiger partial charge < -0.3 is 15.2 Å². The second-order valence-corrected chi connectivity index (χ2v) is 6.15. The molecule has 5 nitrogen and oxygen atoms in total. The number of carbonyl (C=O) groups is 2. The van der Waals surface area contributed by atoms with Gasteiger partial charge in [0.15, 0.2) is 0 Å². The summed E-state index contributed by atoms with van der Waals surface area (Å²) in [5, 5.41) is 12.0. The zero-order valence-corrected chi connectivity index (χ0v) is 13.8. The first-order chi connectivity index (χ1) is 11.0. The van der Waals surface area contributed by atoms with Crippen LogP contribution in [0.5, 0.6) is 5.75 Å². The van der Waals surface area contributed by atoms with E-state index in [1.807, 2.05) is 32.0 Å². The predicted molar refractivity (Wildman–Crippen MR) is 87.3 cm³/mol. The lowest BCUT2D eigenvalue weighted by Crippen LogP contribution is -2.34. The third-order valence-corrected chi connectivity index (χ3v) is 4.42. The molecular formula is C18H25NO4. The van der Waals surface area contributed by atoms with Crippen molar-refractivity contribution in [3.05, 3.63) is 29.3 Å². The number of benzene rings is 1. The Bertz CT molecular complexity index is 562. The van der Waals surface area contributed by atoms with E-state index in [4.69, 9.17) is 9.84 Å². The molecule has 0 aromatic heterocycles. The first-order valence-corrected chi connectivity index (χ1v) is 8.24. The van der Waals surface area contributed by atoms with Crippen LogP contribution in [-0.2, 0) is 16.1 Å². The predicted octanol–water partition coefficient (Wildman–Crippen LogP) is 2.90. The highest BCUT2D eigenvalue weighted by Crippen LogP contribution is 2.29. The van der Waals surface area contributed by atoms with Crippen LogP contribution < -0.4 is 10.1 Å². The number of carbonyl (C=O) groups excluding carboxylic acids is 1. The number of hydrogen-bond acceptors (Lipinski definition) is 3. The first kappa shape index (κ1) is 17.3. The summed E-state index contributed by atoms with van der Waals surface area (Å²) in [6.07, 6.45) is 2.47. The van der Waals surface area contributed by atoms with E-state index in [2.05, 4.69) is 5.32 Å². The van der Waals surface area contributed by atoms with Crippen LogP contribution in [0.3, 0.4) is 0 Å². The third-order valence-electron chi connectivity index (χ3n) is 4.42. The van der Waals surface area contributed by atoms with E-state index < -0.39 is 5.97 Å². The number of aliphatic carboxylic acids is 1. The molecule has 126 valence electrons. The van der Waals surface area contributed by atoms with Crippen molar-refractivity contribution in [3.63, 3.8) is 0 Å². The van der Waals surface area contributed by atoms with Crippen LogP contribution in [0.2, 0.25) is 0 Å². The fraction of sp³-hybridized carbons (Fsp3) is 0.556. The number of amides is 1. The van der Waals surface area contributed by atoms with Crippen LogP contribution >= 0.6 is 0 Å². The molecule has 0 unspecified atom stereocenters. The molecule has 0 aliphatic heterocycles. The highest BCUT2D eigenvalue weighted by molar-refractivity contribution is 5.79. The first-order valence-electron chi connectivity index (χ1n) is 8.24. The van der Waals surface area contributed by atoms with Crippen LogP contribution in [0.15, 0.2) is 18.2 Å². The van der Waals surface area contributed by atoms with E-state index in [-0.39, 0.29) is 17.7 Å². The molecule has 5 heteroatoms. The fourth-order valence-electron chi connectivity index (χ4n) is 3.03. The number of carboxylic acids is 1. The molecule has 1 aromatic carbocycles. The van der Waals surface area contributed by atoms with Crippen LogP contribution in [0, 0.1) is 18.8 Å². The van der Waals surface area contributed by atoms with Crippen LogP contribution in [0.4, 0.5) is 0 Å². The van der Waals surface area contributed by atoms with Crippen molar-refractivity contribution in [3.8, 4) is 5.75 Å². The maximum absolute atomic E-state index is 12.3. The van der Waals surface area contributed by atoms with Crippen molar-refractivity contribution in [2.24, 2.45) is 11.8 Å². The second kappa shape index (κ2) is 7.99. The van der Waals surface area contributed by atoms with Gasteiger partial charge in [-0.05, 0) is 51.2 Å². The van der Waals surface area contributed by atoms with Crippen LogP contribution in [-0.4, -0.2) is 23.6 Å². The van der Waals surface area contributed by atoms with Crippen molar-refractivity contribution in [1.82, 2.24) is 5.32 Å². The van der Waals surface area contributed by atoms with E-state index in [9.17, 15) is 9.59 Å². The molecule has 0 heterocycles. The molecule has 1 aromatic rings. The number of ether oxygens (including phenoxy) is 1. The van der Waals surface area contributed by atoms with Gasteiger partial charge in [0.25, 0.3) is 0 Å². The highest BCUT2D eigenvalue weighted by Gasteiger charge is 2.29. The van der Waals surface area contributed by atoms with Gasteiger partial charge in [0.05, 0.1) is 12.5 Å². The quantitative estimate of drug-likeness (QED) is 0.845. The van der Waals surface area contributed by atoms with Gasteiger partial charge in [-0.15, -0.1) is 0 Å². The van der Waals surface area contributed by atoms with E-state index in [0.29, 0.717) is 38.8 Å². The number of aryl methyl sites for hydroxylation is 1. The summed E-state index contributed by atoms with van der Waals surface area (Å²) in [6.45, 7) is 4.97. The average molecular weight is 319 g/mol. The lowest BCUT2D eigenvalue weighted by atomic mass is 9.81. The maximum Gasteiger partial charge on any atom is 0.306 e. The molecular weight excluding hydrogens is 294 g/mol. The van der Waals surface area contributed by atoms with E-state index in [0.717, 1.165) is 16.9 Å². The maximum atomic E-state index is 12.3. The minimum Gasteiger partial charge on any atom is -0.494 e. The molecule has 23 heavy (non-hydrogen) atoms. The van der Waals surface area contributed by atoms with Crippen molar-refractivity contribution in [1.29, 1.82) is 0 Å². The molecule has 1 aliphatic carbocycles. The average Bonchev–Trinajstić information content (AvgIpc) is 2.54. The monoisotopic (exact) mass is 319 g/mol. The SMILES string of the molecule is CCOc1cc(C)ccc1CNC(=O)C1CCC(C(=O)O)CC1. The van der Waals surface area contributed by atoms with Crippen molar-refractivity contribution in [2.75, 3.05) is 6.61 Å². The van der Waals surface area contributed by atoms with Crippen molar-refractivity contribution < 1.29 is 19.4 Å². The number of nitrogens with one attached hydrogen (secondary N) is 1. The van der Waals surface area contributed by atoms with Gasteiger partial charge in [0, 0.05) is 18.0 Å². The summed E-state index contributed by atoms with van der Waals surface area (Å²) in [6, 6.07) is 5.95. The summed E-state index contributed by atoms with van der Waals surface area (Å²) >= 11 is 0. The summed E-state index contributed by atoms with van der Waals surface area (Å²) < 4.78 is 5.62. The Kier molecular flexibility index (Phi) is 6.02. The minimum absolute atomic E-state index is 0.0110. The lowest BCUT2D eigenvalue weighted by molar-refractivity contribution is -0.144. The Morgan fingerprint density at radius 2 is 1.87 bits per heavy atom. The van der Waals surface area contributed by atoms with Crippen LogP contribution in [0.1, 0.15) is 43.7 Å². The Morgan fingerprint density at radius 3 is 2.48 bits per heavy atom. The second-order valence-electron chi connectivity index (χ2n) is 6.15. The highest BCUT2D eigenvalue weighted by atomic mass is 16.5. The Morgan fingerprint density at radius 1 is 1.22 bits per heavy atom. The topological polar surface area (TPSA) is 75.6 Å². The van der Waals surface area contributed by atoms with Gasteiger partial charge in [-0.2, -0.15) is 0 Å².